The third-order valence-corrected chi connectivity index (χ3v) is 8.82. The fourth-order valence-electron chi connectivity index (χ4n) is 6.83. The number of alkyl halides is 3. The van der Waals surface area contributed by atoms with Crippen molar-refractivity contribution in [1.29, 1.82) is 0 Å². The minimum Gasteiger partial charge on any atom is -0.481 e. The zero-order valence-electron chi connectivity index (χ0n) is 26.9. The van der Waals surface area contributed by atoms with Crippen molar-refractivity contribution in [2.24, 2.45) is 0 Å². The summed E-state index contributed by atoms with van der Waals surface area (Å²) in [6, 6.07) is 24.0. The Morgan fingerprint density at radius 2 is 1.60 bits per heavy atom. The van der Waals surface area contributed by atoms with E-state index in [9.17, 15) is 18.0 Å². The SMILES string of the molecule is CCOc1nc(OC)c(CN2CC(C(c3ccccc3)c3ccccc3)N3CCN(C(=O)c4ccc[nH]4)C[C@H]3C2)c(OCC(F)(F)F)n1. The monoisotopic (exact) mass is 664 g/mol. The van der Waals surface area contributed by atoms with Crippen molar-refractivity contribution in [1.82, 2.24) is 29.7 Å². The number of benzene rings is 2. The summed E-state index contributed by atoms with van der Waals surface area (Å²) in [7, 11) is 1.40. The molecule has 0 radical (unpaired) electrons. The summed E-state index contributed by atoms with van der Waals surface area (Å²) in [6.07, 6.45) is -2.84. The highest BCUT2D eigenvalue weighted by atomic mass is 19.4. The molecule has 10 nitrogen and oxygen atoms in total. The van der Waals surface area contributed by atoms with Gasteiger partial charge in [-0.2, -0.15) is 23.1 Å². The number of nitrogens with zero attached hydrogens (tertiary/aromatic N) is 5. The van der Waals surface area contributed by atoms with Gasteiger partial charge in [-0.25, -0.2) is 0 Å². The standard InChI is InChI=1S/C35H39F3N6O4/c1-3-47-34-40-31(46-2)27(32(41-34)48-23-35(36,37)38)21-42-19-26-20-43(33(45)28-15-10-16-39-28)17-18-44(26)29(22-42)30(24-11-6-4-7-12-24)25-13-8-5-9-14-25/h4-16,26,29-30,39H,3,17-23H2,1-2H3/t26-,29?/m1/s1. The van der Waals surface area contributed by atoms with Gasteiger partial charge in [0.2, 0.25) is 11.8 Å². The van der Waals surface area contributed by atoms with E-state index in [1.807, 2.05) is 41.3 Å². The molecular weight excluding hydrogens is 625 g/mol. The van der Waals surface area contributed by atoms with E-state index < -0.39 is 12.8 Å². The van der Waals surface area contributed by atoms with Crippen LogP contribution in [-0.2, 0) is 6.54 Å². The average Bonchev–Trinajstić information content (AvgIpc) is 3.64. The van der Waals surface area contributed by atoms with Crippen molar-refractivity contribution in [3.63, 3.8) is 0 Å². The van der Waals surface area contributed by atoms with E-state index in [2.05, 4.69) is 49.0 Å². The van der Waals surface area contributed by atoms with E-state index in [1.165, 1.54) is 7.11 Å². The molecule has 2 saturated heterocycles. The van der Waals surface area contributed by atoms with Crippen LogP contribution in [0.4, 0.5) is 13.2 Å². The number of piperazine rings is 2. The number of hydrogen-bond acceptors (Lipinski definition) is 8. The number of carbonyl (C=O) groups is 1. The molecule has 4 heterocycles. The summed E-state index contributed by atoms with van der Waals surface area (Å²) < 4.78 is 56.2. The Labute approximate surface area is 277 Å². The highest BCUT2D eigenvalue weighted by Crippen LogP contribution is 2.38. The molecule has 1 N–H and O–H groups in total. The first kappa shape index (κ1) is 33.3. The molecular formula is C35H39F3N6O4. The maximum absolute atomic E-state index is 13.4. The molecule has 254 valence electrons. The second kappa shape index (κ2) is 14.7. The summed E-state index contributed by atoms with van der Waals surface area (Å²) in [6.45, 7) is 3.40. The number of aromatic amines is 1. The van der Waals surface area contributed by atoms with E-state index in [4.69, 9.17) is 14.2 Å². The molecule has 4 aromatic rings. The van der Waals surface area contributed by atoms with Gasteiger partial charge in [-0.15, -0.1) is 0 Å². The van der Waals surface area contributed by atoms with Crippen molar-refractivity contribution in [2.75, 3.05) is 53.0 Å². The predicted octanol–water partition coefficient (Wildman–Crippen LogP) is 5.00. The van der Waals surface area contributed by atoms with Gasteiger partial charge in [0, 0.05) is 63.5 Å². The highest BCUT2D eigenvalue weighted by Gasteiger charge is 2.44. The van der Waals surface area contributed by atoms with E-state index >= 15 is 0 Å². The zero-order chi connectivity index (χ0) is 33.7. The van der Waals surface area contributed by atoms with Crippen LogP contribution in [0.3, 0.4) is 0 Å². The van der Waals surface area contributed by atoms with Crippen LogP contribution < -0.4 is 14.2 Å². The number of nitrogens with one attached hydrogen (secondary N) is 1. The van der Waals surface area contributed by atoms with E-state index in [0.29, 0.717) is 44.0 Å². The first-order valence-corrected chi connectivity index (χ1v) is 16.0. The second-order valence-corrected chi connectivity index (χ2v) is 11.9. The van der Waals surface area contributed by atoms with Crippen LogP contribution in [0.1, 0.15) is 40.0 Å². The molecule has 0 aliphatic carbocycles. The predicted molar refractivity (Wildman–Crippen MR) is 172 cm³/mol. The molecule has 0 saturated carbocycles. The molecule has 2 aromatic heterocycles. The molecule has 2 aliphatic rings. The summed E-state index contributed by atoms with van der Waals surface area (Å²) in [5.74, 6) is -0.251. The van der Waals surface area contributed by atoms with Crippen LogP contribution in [0.25, 0.3) is 0 Å². The number of methoxy groups -OCH3 is 1. The molecule has 13 heteroatoms. The molecule has 1 unspecified atom stereocenters. The van der Waals surface area contributed by atoms with Crippen LogP contribution >= 0.6 is 0 Å². The van der Waals surface area contributed by atoms with E-state index in [0.717, 1.165) is 11.1 Å². The van der Waals surface area contributed by atoms with Gasteiger partial charge in [0.05, 0.1) is 19.3 Å². The Balaban J connectivity index is 1.38. The van der Waals surface area contributed by atoms with Crippen LogP contribution in [0.5, 0.6) is 17.8 Å². The largest absolute Gasteiger partial charge is 0.481 e. The molecule has 2 fully saturated rings. The molecule has 0 bridgehead atoms. The smallest absolute Gasteiger partial charge is 0.422 e. The van der Waals surface area contributed by atoms with Gasteiger partial charge in [-0.05, 0) is 30.2 Å². The van der Waals surface area contributed by atoms with Gasteiger partial charge >= 0.3 is 12.2 Å². The van der Waals surface area contributed by atoms with Crippen molar-refractivity contribution >= 4 is 5.91 Å². The molecule has 6 rings (SSSR count). The van der Waals surface area contributed by atoms with Crippen LogP contribution in [0, 0.1) is 0 Å². The lowest BCUT2D eigenvalue weighted by Gasteiger charge is -2.53. The third-order valence-electron chi connectivity index (χ3n) is 8.82. The Morgan fingerprint density at radius 3 is 2.21 bits per heavy atom. The Hall–Kier alpha value is -4.62. The van der Waals surface area contributed by atoms with Gasteiger partial charge < -0.3 is 24.1 Å². The van der Waals surface area contributed by atoms with Gasteiger partial charge in [-0.1, -0.05) is 60.7 Å². The lowest BCUT2D eigenvalue weighted by Crippen LogP contribution is -2.67. The van der Waals surface area contributed by atoms with Crippen molar-refractivity contribution in [3.8, 4) is 17.8 Å². The molecule has 0 spiro atoms. The molecule has 48 heavy (non-hydrogen) atoms. The van der Waals surface area contributed by atoms with Crippen molar-refractivity contribution in [2.45, 2.75) is 37.6 Å². The minimum absolute atomic E-state index is 0.0252. The molecule has 2 aromatic carbocycles. The van der Waals surface area contributed by atoms with Gasteiger partial charge in [0.15, 0.2) is 6.61 Å². The third kappa shape index (κ3) is 7.57. The Bertz CT molecular complexity index is 1600. The fourth-order valence-corrected chi connectivity index (χ4v) is 6.83. The molecule has 2 aliphatic heterocycles. The Morgan fingerprint density at radius 1 is 0.917 bits per heavy atom. The zero-order valence-corrected chi connectivity index (χ0v) is 26.9. The normalized spacial score (nSPS) is 18.8. The van der Waals surface area contributed by atoms with E-state index in [-0.39, 0.29) is 54.8 Å². The van der Waals surface area contributed by atoms with Crippen molar-refractivity contribution < 1.29 is 32.2 Å². The van der Waals surface area contributed by atoms with Gasteiger partial charge in [-0.3, -0.25) is 14.6 Å². The molecule has 2 atom stereocenters. The number of fused-ring (bicyclic) bond motifs is 1. The fraction of sp³-hybridized carbons (Fsp3) is 0.400. The lowest BCUT2D eigenvalue weighted by molar-refractivity contribution is -0.154. The number of hydrogen-bond donors (Lipinski definition) is 1. The summed E-state index contributed by atoms with van der Waals surface area (Å²) in [5.41, 5.74) is 3.12. The number of rotatable bonds is 11. The number of carbonyl (C=O) groups excluding carboxylic acids is 1. The number of ether oxygens (including phenoxy) is 3. The van der Waals surface area contributed by atoms with Gasteiger partial charge in [0.1, 0.15) is 5.69 Å². The number of amides is 1. The summed E-state index contributed by atoms with van der Waals surface area (Å²) in [5, 5.41) is 0. The summed E-state index contributed by atoms with van der Waals surface area (Å²) in [4.78, 5) is 31.5. The maximum Gasteiger partial charge on any atom is 0.422 e. The summed E-state index contributed by atoms with van der Waals surface area (Å²) >= 11 is 0. The maximum atomic E-state index is 13.4. The van der Waals surface area contributed by atoms with Crippen LogP contribution in [0.2, 0.25) is 0 Å². The first-order valence-electron chi connectivity index (χ1n) is 16.0. The first-order chi connectivity index (χ1) is 23.2. The Kier molecular flexibility index (Phi) is 10.2. The van der Waals surface area contributed by atoms with E-state index in [1.54, 1.807) is 25.3 Å². The average molecular weight is 665 g/mol. The quantitative estimate of drug-likeness (QED) is 0.240. The number of halogens is 3. The highest BCUT2D eigenvalue weighted by molar-refractivity contribution is 5.92. The minimum atomic E-state index is -4.58. The lowest BCUT2D eigenvalue weighted by atomic mass is 9.81. The second-order valence-electron chi connectivity index (χ2n) is 11.9. The van der Waals surface area contributed by atoms with Gasteiger partial charge in [0.25, 0.3) is 5.91 Å². The van der Waals surface area contributed by atoms with Crippen molar-refractivity contribution in [3.05, 3.63) is 101 Å². The number of aromatic nitrogens is 3. The topological polar surface area (TPSA) is 96.1 Å². The van der Waals surface area contributed by atoms with Crippen LogP contribution in [-0.4, -0.2) is 107 Å². The molecule has 1 amide bonds. The van der Waals surface area contributed by atoms with Crippen LogP contribution in [0.15, 0.2) is 79.0 Å². The number of H-pyrrole nitrogens is 1.